The molecule has 1 saturated heterocycles. The topological polar surface area (TPSA) is 128 Å². The fourth-order valence-corrected chi connectivity index (χ4v) is 5.83. The molecule has 3 aliphatic rings. The molecule has 2 aromatic carbocycles. The molecular formula is C23H19N3O6S. The number of para-hydroxylation sites is 1. The maximum Gasteiger partial charge on any atom is 0.342 e. The number of hydrogen-bond donors (Lipinski definition) is 2. The molecule has 10 heteroatoms. The van der Waals surface area contributed by atoms with Crippen LogP contribution in [0.3, 0.4) is 0 Å². The Morgan fingerprint density at radius 3 is 2.64 bits per heavy atom. The zero-order valence-corrected chi connectivity index (χ0v) is 18.5. The molecule has 3 atom stereocenters. The van der Waals surface area contributed by atoms with Gasteiger partial charge < -0.3 is 20.5 Å². The Bertz CT molecular complexity index is 1270. The lowest BCUT2D eigenvalue weighted by atomic mass is 9.77. The van der Waals surface area contributed by atoms with E-state index in [1.807, 2.05) is 0 Å². The van der Waals surface area contributed by atoms with Gasteiger partial charge in [-0.05, 0) is 24.3 Å². The summed E-state index contributed by atoms with van der Waals surface area (Å²) in [5.41, 5.74) is 7.45. The molecule has 33 heavy (non-hydrogen) atoms. The predicted octanol–water partition coefficient (Wildman–Crippen LogP) is 1.53. The van der Waals surface area contributed by atoms with Gasteiger partial charge in [-0.15, -0.1) is 0 Å². The molecule has 3 amide bonds. The van der Waals surface area contributed by atoms with Crippen LogP contribution in [-0.2, 0) is 14.4 Å². The number of hydrogen-bond acceptors (Lipinski definition) is 8. The third kappa shape index (κ3) is 3.01. The second-order valence-electron chi connectivity index (χ2n) is 7.72. The van der Waals surface area contributed by atoms with Crippen molar-refractivity contribution < 1.29 is 28.7 Å². The van der Waals surface area contributed by atoms with E-state index >= 15 is 0 Å². The van der Waals surface area contributed by atoms with E-state index in [4.69, 9.17) is 15.2 Å². The first kappa shape index (κ1) is 21.1. The zero-order valence-electron chi connectivity index (χ0n) is 17.7. The van der Waals surface area contributed by atoms with Gasteiger partial charge in [0.1, 0.15) is 16.7 Å². The Kier molecular flexibility index (Phi) is 4.89. The van der Waals surface area contributed by atoms with Crippen molar-refractivity contribution in [2.75, 3.05) is 19.1 Å². The summed E-state index contributed by atoms with van der Waals surface area (Å²) in [4.78, 5) is 53.2. The Morgan fingerprint density at radius 1 is 1.15 bits per heavy atom. The van der Waals surface area contributed by atoms with Gasteiger partial charge in [-0.25, -0.2) is 9.69 Å². The molecule has 0 bridgehead atoms. The van der Waals surface area contributed by atoms with Crippen LogP contribution in [0.5, 0.6) is 11.5 Å². The van der Waals surface area contributed by atoms with Crippen LogP contribution in [0.4, 0.5) is 5.69 Å². The van der Waals surface area contributed by atoms with Gasteiger partial charge in [0.25, 0.3) is 5.91 Å². The first-order valence-corrected chi connectivity index (χ1v) is 11.0. The number of esters is 1. The van der Waals surface area contributed by atoms with E-state index in [-0.39, 0.29) is 33.5 Å². The van der Waals surface area contributed by atoms with Gasteiger partial charge in [0.15, 0.2) is 0 Å². The lowest BCUT2D eigenvalue weighted by Crippen LogP contribution is -2.39. The van der Waals surface area contributed by atoms with Crippen molar-refractivity contribution in [3.63, 3.8) is 0 Å². The van der Waals surface area contributed by atoms with Crippen LogP contribution >= 0.6 is 11.8 Å². The highest BCUT2D eigenvalue weighted by atomic mass is 32.2. The number of methoxy groups -OCH3 is 1. The first-order valence-electron chi connectivity index (χ1n) is 10.1. The molecule has 2 aromatic rings. The summed E-state index contributed by atoms with van der Waals surface area (Å²) in [6, 6.07) is 11.4. The summed E-state index contributed by atoms with van der Waals surface area (Å²) >= 11 is 0.984. The zero-order chi connectivity index (χ0) is 23.4. The van der Waals surface area contributed by atoms with Gasteiger partial charge in [-0.3, -0.25) is 14.4 Å². The molecule has 5 rings (SSSR count). The second-order valence-corrected chi connectivity index (χ2v) is 8.91. The van der Waals surface area contributed by atoms with Gasteiger partial charge in [0, 0.05) is 24.1 Å². The van der Waals surface area contributed by atoms with Crippen LogP contribution in [-0.4, -0.2) is 43.1 Å². The molecule has 0 aliphatic carbocycles. The van der Waals surface area contributed by atoms with E-state index in [1.54, 1.807) is 30.3 Å². The fourth-order valence-electron chi connectivity index (χ4n) is 4.59. The normalized spacial score (nSPS) is 23.5. The molecule has 0 aromatic heterocycles. The number of carbonyl (C=O) groups is 4. The van der Waals surface area contributed by atoms with Crippen LogP contribution < -0.4 is 25.4 Å². The molecule has 9 nitrogen and oxygen atoms in total. The van der Waals surface area contributed by atoms with Gasteiger partial charge >= 0.3 is 5.97 Å². The fraction of sp³-hybridized carbons (Fsp3) is 0.217. The van der Waals surface area contributed by atoms with Crippen molar-refractivity contribution in [2.45, 2.75) is 11.2 Å². The third-order valence-electron chi connectivity index (χ3n) is 6.07. The lowest BCUT2D eigenvalue weighted by molar-refractivity contribution is -0.131. The highest BCUT2D eigenvalue weighted by Gasteiger charge is 2.59. The minimum Gasteiger partial charge on any atom is -0.495 e. The number of imide groups is 1. The summed E-state index contributed by atoms with van der Waals surface area (Å²) in [5, 5.41) is 1.85. The van der Waals surface area contributed by atoms with E-state index in [1.165, 1.54) is 26.3 Å². The van der Waals surface area contributed by atoms with Gasteiger partial charge in [0.05, 0.1) is 29.3 Å². The summed E-state index contributed by atoms with van der Waals surface area (Å²) < 4.78 is 10.8. The molecule has 0 saturated carbocycles. The maximum absolute atomic E-state index is 13.8. The van der Waals surface area contributed by atoms with Crippen LogP contribution in [0.1, 0.15) is 21.8 Å². The minimum absolute atomic E-state index is 0.162. The number of fused-ring (bicyclic) bond motifs is 5. The molecule has 168 valence electrons. The van der Waals surface area contributed by atoms with Gasteiger partial charge in [0.2, 0.25) is 11.8 Å². The Balaban J connectivity index is 1.65. The number of benzene rings is 2. The van der Waals surface area contributed by atoms with Crippen molar-refractivity contribution in [2.24, 2.45) is 11.7 Å². The number of rotatable bonds is 3. The van der Waals surface area contributed by atoms with Crippen LogP contribution in [0, 0.1) is 5.92 Å². The Morgan fingerprint density at radius 2 is 1.91 bits per heavy atom. The SMILES string of the molecule is CNC(=O)c1ccc(OC)c(N2C(=O)[C@H]3[C@H](SC(N)=C4C(=O)Oc5ccccc5[C@@H]43)C2=O)c1. The van der Waals surface area contributed by atoms with Crippen molar-refractivity contribution in [3.8, 4) is 11.5 Å². The minimum atomic E-state index is -0.868. The van der Waals surface area contributed by atoms with E-state index in [2.05, 4.69) is 5.32 Å². The Labute approximate surface area is 192 Å². The van der Waals surface area contributed by atoms with Crippen molar-refractivity contribution in [3.05, 3.63) is 64.2 Å². The van der Waals surface area contributed by atoms with Crippen LogP contribution in [0.25, 0.3) is 0 Å². The number of nitrogens with zero attached hydrogens (tertiary/aromatic N) is 1. The van der Waals surface area contributed by atoms with Crippen LogP contribution in [0.2, 0.25) is 0 Å². The predicted molar refractivity (Wildman–Crippen MR) is 120 cm³/mol. The number of anilines is 1. The standard InChI is InChI=1S/C23H19N3O6S/c1-25-20(27)10-7-8-14(31-2)12(9-10)26-21(28)16-15-11-5-3-4-6-13(11)32-23(30)17(15)19(24)33-18(16)22(26)29/h3-9,15-16,18H,24H2,1-2H3,(H,25,27)/t15-,16-,18+/m1/s1. The smallest absolute Gasteiger partial charge is 0.342 e. The summed E-state index contributed by atoms with van der Waals surface area (Å²) in [6.07, 6.45) is 0. The molecule has 0 spiro atoms. The molecule has 3 N–H and O–H groups in total. The number of nitrogens with one attached hydrogen (secondary N) is 1. The summed E-state index contributed by atoms with van der Waals surface area (Å²) in [5.74, 6) is -2.97. The van der Waals surface area contributed by atoms with Gasteiger partial charge in [-0.2, -0.15) is 0 Å². The van der Waals surface area contributed by atoms with Gasteiger partial charge in [-0.1, -0.05) is 30.0 Å². The molecule has 0 unspecified atom stereocenters. The number of nitrogens with two attached hydrogens (primary N) is 1. The third-order valence-corrected chi connectivity index (χ3v) is 7.29. The molecular weight excluding hydrogens is 446 g/mol. The second kappa shape index (κ2) is 7.66. The van der Waals surface area contributed by atoms with Crippen molar-refractivity contribution >= 4 is 41.1 Å². The maximum atomic E-state index is 13.8. The average Bonchev–Trinajstić information content (AvgIpc) is 3.07. The molecule has 1 fully saturated rings. The number of amides is 3. The largest absolute Gasteiger partial charge is 0.495 e. The van der Waals surface area contributed by atoms with E-state index in [0.29, 0.717) is 11.3 Å². The first-order chi connectivity index (χ1) is 15.9. The highest BCUT2D eigenvalue weighted by Crippen LogP contribution is 2.55. The van der Waals surface area contributed by atoms with E-state index < -0.39 is 34.9 Å². The summed E-state index contributed by atoms with van der Waals surface area (Å²) in [6.45, 7) is 0. The van der Waals surface area contributed by atoms with Crippen molar-refractivity contribution in [1.82, 2.24) is 5.32 Å². The molecule has 0 radical (unpaired) electrons. The summed E-state index contributed by atoms with van der Waals surface area (Å²) in [7, 11) is 2.90. The molecule has 3 aliphatic heterocycles. The quantitative estimate of drug-likeness (QED) is 0.397. The van der Waals surface area contributed by atoms with E-state index in [0.717, 1.165) is 16.7 Å². The number of carbonyl (C=O) groups excluding carboxylic acids is 4. The lowest BCUT2D eigenvalue weighted by Gasteiger charge is -2.36. The molecule has 3 heterocycles. The monoisotopic (exact) mass is 465 g/mol. The average molecular weight is 465 g/mol. The number of thioether (sulfide) groups is 1. The Hall–Kier alpha value is -3.79. The van der Waals surface area contributed by atoms with Crippen LogP contribution in [0.15, 0.2) is 53.1 Å². The van der Waals surface area contributed by atoms with E-state index in [9.17, 15) is 19.2 Å². The number of ether oxygens (including phenoxy) is 2. The van der Waals surface area contributed by atoms with Crippen molar-refractivity contribution in [1.29, 1.82) is 0 Å². The highest BCUT2D eigenvalue weighted by molar-refractivity contribution is 8.04.